The fourth-order valence-electron chi connectivity index (χ4n) is 2.24. The number of aliphatic hydroxyl groups excluding tert-OH is 1. The molecule has 1 heterocycles. The van der Waals surface area contributed by atoms with Gasteiger partial charge >= 0.3 is 0 Å². The predicted molar refractivity (Wildman–Crippen MR) is 80.4 cm³/mol. The maximum atomic E-state index is 12.3. The monoisotopic (exact) mass is 293 g/mol. The topological polar surface area (TPSA) is 57.6 Å². The van der Waals surface area contributed by atoms with Crippen molar-refractivity contribution >= 4 is 29.1 Å². The maximum Gasteiger partial charge on any atom is 0.240 e. The van der Waals surface area contributed by atoms with E-state index in [1.54, 1.807) is 11.0 Å². The molecule has 0 aliphatic carbocycles. The fourth-order valence-corrected chi connectivity index (χ4v) is 3.29. The summed E-state index contributed by atoms with van der Waals surface area (Å²) in [4.78, 5) is 26.8. The van der Waals surface area contributed by atoms with Gasteiger partial charge in [-0.05, 0) is 25.5 Å². The molecule has 1 aromatic rings. The van der Waals surface area contributed by atoms with Crippen molar-refractivity contribution in [2.45, 2.75) is 36.8 Å². The van der Waals surface area contributed by atoms with E-state index in [4.69, 9.17) is 5.11 Å². The van der Waals surface area contributed by atoms with Crippen molar-refractivity contribution in [1.29, 1.82) is 0 Å². The summed E-state index contributed by atoms with van der Waals surface area (Å²) in [5.41, 5.74) is 1.44. The van der Waals surface area contributed by atoms with Gasteiger partial charge in [0.25, 0.3) is 0 Å². The molecule has 108 valence electrons. The van der Waals surface area contributed by atoms with Gasteiger partial charge in [-0.2, -0.15) is 0 Å². The van der Waals surface area contributed by atoms with Gasteiger partial charge in [0.15, 0.2) is 5.78 Å². The minimum Gasteiger partial charge on any atom is -0.396 e. The van der Waals surface area contributed by atoms with Crippen molar-refractivity contribution in [3.05, 3.63) is 23.8 Å². The number of carbonyl (C=O) groups is 2. The number of ketones is 1. The highest BCUT2D eigenvalue weighted by atomic mass is 32.2. The van der Waals surface area contributed by atoms with Crippen molar-refractivity contribution in [2.75, 3.05) is 18.1 Å². The van der Waals surface area contributed by atoms with Gasteiger partial charge < -0.3 is 10.0 Å². The van der Waals surface area contributed by atoms with Crippen molar-refractivity contribution in [2.24, 2.45) is 0 Å². The Morgan fingerprint density at radius 2 is 2.20 bits per heavy atom. The van der Waals surface area contributed by atoms with Crippen LogP contribution in [0.2, 0.25) is 0 Å². The van der Waals surface area contributed by atoms with E-state index in [2.05, 4.69) is 0 Å². The lowest BCUT2D eigenvalue weighted by atomic mass is 10.1. The molecule has 2 rings (SSSR count). The molecule has 20 heavy (non-hydrogen) atoms. The quantitative estimate of drug-likeness (QED) is 0.847. The zero-order valence-corrected chi connectivity index (χ0v) is 12.6. The highest BCUT2D eigenvalue weighted by molar-refractivity contribution is 8.00. The number of hydrogen-bond acceptors (Lipinski definition) is 4. The van der Waals surface area contributed by atoms with Crippen molar-refractivity contribution < 1.29 is 14.7 Å². The van der Waals surface area contributed by atoms with E-state index in [0.29, 0.717) is 24.9 Å². The van der Waals surface area contributed by atoms with Gasteiger partial charge in [-0.1, -0.05) is 13.0 Å². The van der Waals surface area contributed by atoms with Crippen LogP contribution in [0.3, 0.4) is 0 Å². The second kappa shape index (κ2) is 6.41. The van der Waals surface area contributed by atoms with Gasteiger partial charge in [0, 0.05) is 30.0 Å². The van der Waals surface area contributed by atoms with Crippen molar-refractivity contribution in [3.63, 3.8) is 0 Å². The standard InChI is InChI=1S/C15H19NO3S/c1-3-13(18)11-5-6-14-12(9-11)16(7-4-8-17)15(19)10(2)20-14/h5-6,9-10,17H,3-4,7-8H2,1-2H3. The average molecular weight is 293 g/mol. The summed E-state index contributed by atoms with van der Waals surface area (Å²) in [5.74, 6) is 0.114. The molecule has 0 saturated carbocycles. The summed E-state index contributed by atoms with van der Waals surface area (Å²) in [7, 11) is 0. The smallest absolute Gasteiger partial charge is 0.240 e. The number of amides is 1. The minimum absolute atomic E-state index is 0.0389. The van der Waals surface area contributed by atoms with Crippen molar-refractivity contribution in [1.82, 2.24) is 0 Å². The number of fused-ring (bicyclic) bond motifs is 1. The van der Waals surface area contributed by atoms with E-state index >= 15 is 0 Å². The Morgan fingerprint density at radius 1 is 1.45 bits per heavy atom. The van der Waals surface area contributed by atoms with E-state index in [9.17, 15) is 9.59 Å². The molecule has 0 aromatic heterocycles. The molecular weight excluding hydrogens is 274 g/mol. The SMILES string of the molecule is CCC(=O)c1ccc2c(c1)N(CCCO)C(=O)C(C)S2. The van der Waals surface area contributed by atoms with Crippen LogP contribution in [0.15, 0.2) is 23.1 Å². The number of hydrogen-bond donors (Lipinski definition) is 1. The van der Waals surface area contributed by atoms with E-state index in [-0.39, 0.29) is 23.5 Å². The molecule has 1 aromatic carbocycles. The van der Waals surface area contributed by atoms with E-state index < -0.39 is 0 Å². The Kier molecular flexibility index (Phi) is 4.83. The molecule has 5 heteroatoms. The molecule has 1 atom stereocenters. The summed E-state index contributed by atoms with van der Waals surface area (Å²) in [6, 6.07) is 5.54. The number of anilines is 1. The molecule has 1 N–H and O–H groups in total. The van der Waals surface area contributed by atoms with Crippen LogP contribution in [0.25, 0.3) is 0 Å². The third-order valence-electron chi connectivity index (χ3n) is 3.35. The molecule has 0 fully saturated rings. The van der Waals surface area contributed by atoms with Crippen LogP contribution >= 0.6 is 11.8 Å². The average Bonchev–Trinajstić information content (AvgIpc) is 2.46. The largest absolute Gasteiger partial charge is 0.396 e. The van der Waals surface area contributed by atoms with Gasteiger partial charge in [0.05, 0.1) is 10.9 Å². The third-order valence-corrected chi connectivity index (χ3v) is 4.50. The van der Waals surface area contributed by atoms with Crippen LogP contribution in [-0.2, 0) is 4.79 Å². The second-order valence-corrected chi connectivity index (χ2v) is 6.17. The number of nitrogens with zero attached hydrogens (tertiary/aromatic N) is 1. The summed E-state index contributed by atoms with van der Waals surface area (Å²) in [6.07, 6.45) is 0.988. The number of thioether (sulfide) groups is 1. The number of carbonyl (C=O) groups excluding carboxylic acids is 2. The highest BCUT2D eigenvalue weighted by Gasteiger charge is 2.30. The van der Waals surface area contributed by atoms with Crippen LogP contribution in [0.5, 0.6) is 0 Å². The number of Topliss-reactive ketones (excluding diaryl/α,β-unsaturated/α-hetero) is 1. The lowest BCUT2D eigenvalue weighted by molar-refractivity contribution is -0.118. The van der Waals surface area contributed by atoms with Gasteiger partial charge in [-0.3, -0.25) is 9.59 Å². The fraction of sp³-hybridized carbons (Fsp3) is 0.467. The number of benzene rings is 1. The maximum absolute atomic E-state index is 12.3. The van der Waals surface area contributed by atoms with Crippen LogP contribution in [0.1, 0.15) is 37.0 Å². The Balaban J connectivity index is 2.40. The molecule has 0 bridgehead atoms. The van der Waals surface area contributed by atoms with E-state index in [1.165, 1.54) is 11.8 Å². The first-order chi connectivity index (χ1) is 9.58. The van der Waals surface area contributed by atoms with E-state index in [0.717, 1.165) is 10.6 Å². The molecular formula is C15H19NO3S. The number of aliphatic hydroxyl groups is 1. The Morgan fingerprint density at radius 3 is 2.85 bits per heavy atom. The second-order valence-electron chi connectivity index (χ2n) is 4.79. The Bertz CT molecular complexity index is 530. The summed E-state index contributed by atoms with van der Waals surface area (Å²) in [5, 5.41) is 8.85. The van der Waals surface area contributed by atoms with Crippen molar-refractivity contribution in [3.8, 4) is 0 Å². The summed E-state index contributed by atoms with van der Waals surface area (Å²) >= 11 is 1.52. The minimum atomic E-state index is -0.131. The van der Waals surface area contributed by atoms with Crippen LogP contribution < -0.4 is 4.90 Å². The van der Waals surface area contributed by atoms with Gasteiger partial charge in [-0.15, -0.1) is 11.8 Å². The normalized spacial score (nSPS) is 18.1. The van der Waals surface area contributed by atoms with Crippen LogP contribution in [-0.4, -0.2) is 35.2 Å². The molecule has 1 aliphatic heterocycles. The molecule has 0 spiro atoms. The summed E-state index contributed by atoms with van der Waals surface area (Å²) < 4.78 is 0. The first-order valence-electron chi connectivity index (χ1n) is 6.84. The zero-order valence-electron chi connectivity index (χ0n) is 11.8. The zero-order chi connectivity index (χ0) is 14.7. The van der Waals surface area contributed by atoms with E-state index in [1.807, 2.05) is 26.0 Å². The van der Waals surface area contributed by atoms with Gasteiger partial charge in [0.1, 0.15) is 0 Å². The number of rotatable bonds is 5. The Labute approximate surface area is 123 Å². The lowest BCUT2D eigenvalue weighted by Gasteiger charge is -2.32. The molecule has 0 saturated heterocycles. The van der Waals surface area contributed by atoms with Gasteiger partial charge in [-0.25, -0.2) is 0 Å². The molecule has 1 amide bonds. The Hall–Kier alpha value is -1.33. The molecule has 1 aliphatic rings. The molecule has 4 nitrogen and oxygen atoms in total. The van der Waals surface area contributed by atoms with Gasteiger partial charge in [0.2, 0.25) is 5.91 Å². The van der Waals surface area contributed by atoms with Crippen LogP contribution in [0, 0.1) is 0 Å². The molecule has 0 radical (unpaired) electrons. The lowest BCUT2D eigenvalue weighted by Crippen LogP contribution is -2.40. The van der Waals surface area contributed by atoms with Crippen LogP contribution in [0.4, 0.5) is 5.69 Å². The third kappa shape index (κ3) is 2.88. The highest BCUT2D eigenvalue weighted by Crippen LogP contribution is 2.39. The predicted octanol–water partition coefficient (Wildman–Crippen LogP) is 2.49. The molecule has 1 unspecified atom stereocenters. The first kappa shape index (κ1) is 15.1. The first-order valence-corrected chi connectivity index (χ1v) is 7.72. The summed E-state index contributed by atoms with van der Waals surface area (Å²) in [6.45, 7) is 4.24.